The van der Waals surface area contributed by atoms with Gasteiger partial charge in [0.1, 0.15) is 0 Å². The molecular formula is C15H13N3O2. The number of carbonyl (C=O) groups is 1. The Morgan fingerprint density at radius 1 is 0.950 bits per heavy atom. The summed E-state index contributed by atoms with van der Waals surface area (Å²) in [7, 11) is 1.83. The molecule has 0 unspecified atom stereocenters. The first-order valence-corrected chi connectivity index (χ1v) is 6.22. The lowest BCUT2D eigenvalue weighted by Gasteiger charge is -2.03. The van der Waals surface area contributed by atoms with Gasteiger partial charge >= 0.3 is 5.69 Å². The molecule has 20 heavy (non-hydrogen) atoms. The summed E-state index contributed by atoms with van der Waals surface area (Å²) in [4.78, 5) is 28.9. The van der Waals surface area contributed by atoms with Gasteiger partial charge in [0.15, 0.2) is 5.78 Å². The summed E-state index contributed by atoms with van der Waals surface area (Å²) in [6, 6.07) is 12.4. The zero-order chi connectivity index (χ0) is 14.1. The molecule has 0 saturated carbocycles. The molecule has 5 heteroatoms. The van der Waals surface area contributed by atoms with Crippen LogP contribution in [-0.2, 0) is 0 Å². The van der Waals surface area contributed by atoms with Crippen molar-refractivity contribution >= 4 is 22.5 Å². The summed E-state index contributed by atoms with van der Waals surface area (Å²) in [5, 5.41) is 3.00. The summed E-state index contributed by atoms with van der Waals surface area (Å²) >= 11 is 0. The predicted octanol–water partition coefficient (Wildman–Crippen LogP) is 2.13. The van der Waals surface area contributed by atoms with E-state index in [1.54, 1.807) is 30.3 Å². The Morgan fingerprint density at radius 3 is 2.30 bits per heavy atom. The highest BCUT2D eigenvalue weighted by Crippen LogP contribution is 2.16. The van der Waals surface area contributed by atoms with E-state index in [0.717, 1.165) is 5.69 Å². The van der Waals surface area contributed by atoms with Gasteiger partial charge in [0, 0.05) is 23.9 Å². The lowest BCUT2D eigenvalue weighted by molar-refractivity contribution is 0.103. The highest BCUT2D eigenvalue weighted by molar-refractivity contribution is 6.10. The number of ketones is 1. The van der Waals surface area contributed by atoms with Crippen LogP contribution < -0.4 is 11.0 Å². The minimum Gasteiger partial charge on any atom is -0.388 e. The molecule has 0 spiro atoms. The Morgan fingerprint density at radius 2 is 1.60 bits per heavy atom. The minimum absolute atomic E-state index is 0.0726. The van der Waals surface area contributed by atoms with Crippen molar-refractivity contribution in [3.05, 3.63) is 64.1 Å². The quantitative estimate of drug-likeness (QED) is 0.636. The van der Waals surface area contributed by atoms with Crippen LogP contribution in [0.5, 0.6) is 0 Å². The molecule has 3 aromatic rings. The van der Waals surface area contributed by atoms with Crippen molar-refractivity contribution in [1.29, 1.82) is 0 Å². The number of benzene rings is 2. The van der Waals surface area contributed by atoms with Crippen molar-refractivity contribution in [1.82, 2.24) is 9.97 Å². The number of anilines is 1. The summed E-state index contributed by atoms with van der Waals surface area (Å²) in [5.41, 5.74) is 3.16. The second-order valence-electron chi connectivity index (χ2n) is 4.50. The van der Waals surface area contributed by atoms with Gasteiger partial charge in [0.05, 0.1) is 11.0 Å². The Labute approximate surface area is 114 Å². The van der Waals surface area contributed by atoms with E-state index in [9.17, 15) is 9.59 Å². The van der Waals surface area contributed by atoms with Crippen LogP contribution in [0.25, 0.3) is 11.0 Å². The monoisotopic (exact) mass is 267 g/mol. The molecule has 2 aromatic carbocycles. The molecule has 3 N–H and O–H groups in total. The second-order valence-corrected chi connectivity index (χ2v) is 4.50. The summed E-state index contributed by atoms with van der Waals surface area (Å²) < 4.78 is 0. The SMILES string of the molecule is CNc1ccc(C(=O)c2ccc3[nH]c(=O)[nH]c3c2)cc1. The van der Waals surface area contributed by atoms with Crippen molar-refractivity contribution in [3.63, 3.8) is 0 Å². The average molecular weight is 267 g/mol. The van der Waals surface area contributed by atoms with E-state index in [1.165, 1.54) is 0 Å². The third-order valence-electron chi connectivity index (χ3n) is 3.21. The molecule has 5 nitrogen and oxygen atoms in total. The normalized spacial score (nSPS) is 10.7. The molecule has 0 bridgehead atoms. The molecule has 3 rings (SSSR count). The number of hydrogen-bond acceptors (Lipinski definition) is 3. The van der Waals surface area contributed by atoms with Gasteiger partial charge in [-0.05, 0) is 42.5 Å². The van der Waals surface area contributed by atoms with Crippen molar-refractivity contribution in [2.24, 2.45) is 0 Å². The molecule has 0 saturated heterocycles. The number of nitrogens with one attached hydrogen (secondary N) is 3. The molecule has 0 radical (unpaired) electrons. The lowest BCUT2D eigenvalue weighted by atomic mass is 10.0. The molecule has 0 amide bonds. The van der Waals surface area contributed by atoms with Crippen LogP contribution in [0.2, 0.25) is 0 Å². The van der Waals surface area contributed by atoms with Crippen LogP contribution in [0, 0.1) is 0 Å². The smallest absolute Gasteiger partial charge is 0.323 e. The van der Waals surface area contributed by atoms with Crippen molar-refractivity contribution < 1.29 is 4.79 Å². The summed E-state index contributed by atoms with van der Waals surface area (Å²) in [6.07, 6.45) is 0. The fraction of sp³-hybridized carbons (Fsp3) is 0.0667. The highest BCUT2D eigenvalue weighted by Gasteiger charge is 2.10. The van der Waals surface area contributed by atoms with E-state index in [2.05, 4.69) is 15.3 Å². The molecule has 0 atom stereocenters. The van der Waals surface area contributed by atoms with Gasteiger partial charge in [0.25, 0.3) is 0 Å². The van der Waals surface area contributed by atoms with Crippen molar-refractivity contribution in [2.75, 3.05) is 12.4 Å². The van der Waals surface area contributed by atoms with Crippen molar-refractivity contribution in [2.45, 2.75) is 0 Å². The molecule has 0 aliphatic rings. The van der Waals surface area contributed by atoms with Gasteiger partial charge in [-0.25, -0.2) is 4.79 Å². The van der Waals surface area contributed by atoms with E-state index in [4.69, 9.17) is 0 Å². The van der Waals surface area contributed by atoms with Gasteiger partial charge < -0.3 is 15.3 Å². The number of hydrogen-bond donors (Lipinski definition) is 3. The zero-order valence-electron chi connectivity index (χ0n) is 10.9. The van der Waals surface area contributed by atoms with Gasteiger partial charge in [-0.1, -0.05) is 0 Å². The average Bonchev–Trinajstić information content (AvgIpc) is 2.85. The van der Waals surface area contributed by atoms with E-state index in [0.29, 0.717) is 22.2 Å². The fourth-order valence-corrected chi connectivity index (χ4v) is 2.13. The number of aromatic amines is 2. The Kier molecular flexibility index (Phi) is 2.87. The molecule has 0 aliphatic heterocycles. The Hall–Kier alpha value is -2.82. The van der Waals surface area contributed by atoms with Crippen LogP contribution in [0.1, 0.15) is 15.9 Å². The van der Waals surface area contributed by atoms with Crippen LogP contribution in [-0.4, -0.2) is 22.8 Å². The lowest BCUT2D eigenvalue weighted by Crippen LogP contribution is -2.01. The predicted molar refractivity (Wildman–Crippen MR) is 78.3 cm³/mol. The van der Waals surface area contributed by atoms with E-state index in [1.807, 2.05) is 19.2 Å². The van der Waals surface area contributed by atoms with Crippen LogP contribution >= 0.6 is 0 Å². The molecular weight excluding hydrogens is 254 g/mol. The summed E-state index contributed by atoms with van der Waals surface area (Å²) in [6.45, 7) is 0. The largest absolute Gasteiger partial charge is 0.388 e. The zero-order valence-corrected chi connectivity index (χ0v) is 10.9. The Bertz CT molecular complexity index is 828. The second kappa shape index (κ2) is 4.70. The van der Waals surface area contributed by atoms with Crippen molar-refractivity contribution in [3.8, 4) is 0 Å². The molecule has 1 heterocycles. The standard InChI is InChI=1S/C15H13N3O2/c1-16-11-5-2-9(3-6-11)14(19)10-4-7-12-13(8-10)18-15(20)17-12/h2-8,16H,1H3,(H2,17,18,20). The number of imidazole rings is 1. The fourth-order valence-electron chi connectivity index (χ4n) is 2.13. The maximum Gasteiger partial charge on any atom is 0.323 e. The van der Waals surface area contributed by atoms with Crippen LogP contribution in [0.15, 0.2) is 47.3 Å². The summed E-state index contributed by atoms with van der Waals surface area (Å²) in [5.74, 6) is -0.0726. The van der Waals surface area contributed by atoms with Crippen LogP contribution in [0.4, 0.5) is 5.69 Å². The maximum absolute atomic E-state index is 12.4. The first-order valence-electron chi connectivity index (χ1n) is 6.22. The van der Waals surface area contributed by atoms with E-state index >= 15 is 0 Å². The van der Waals surface area contributed by atoms with Crippen LogP contribution in [0.3, 0.4) is 0 Å². The minimum atomic E-state index is -0.275. The topological polar surface area (TPSA) is 77.8 Å². The molecule has 0 aliphatic carbocycles. The van der Waals surface area contributed by atoms with Gasteiger partial charge in [-0.2, -0.15) is 0 Å². The number of rotatable bonds is 3. The van der Waals surface area contributed by atoms with Gasteiger partial charge in [-0.15, -0.1) is 0 Å². The molecule has 1 aromatic heterocycles. The number of carbonyl (C=O) groups excluding carboxylic acids is 1. The first kappa shape index (κ1) is 12.2. The number of aromatic nitrogens is 2. The number of H-pyrrole nitrogens is 2. The molecule has 0 fully saturated rings. The van der Waals surface area contributed by atoms with E-state index < -0.39 is 0 Å². The molecule has 100 valence electrons. The van der Waals surface area contributed by atoms with E-state index in [-0.39, 0.29) is 11.5 Å². The van der Waals surface area contributed by atoms with Gasteiger partial charge in [0.2, 0.25) is 0 Å². The third-order valence-corrected chi connectivity index (χ3v) is 3.21. The highest BCUT2D eigenvalue weighted by atomic mass is 16.1. The Balaban J connectivity index is 2.00. The number of fused-ring (bicyclic) bond motifs is 1. The third kappa shape index (κ3) is 2.09. The first-order chi connectivity index (χ1) is 9.67. The van der Waals surface area contributed by atoms with Gasteiger partial charge in [-0.3, -0.25) is 4.79 Å². The maximum atomic E-state index is 12.4.